The van der Waals surface area contributed by atoms with Crippen LogP contribution < -0.4 is 10.2 Å². The van der Waals surface area contributed by atoms with E-state index in [1.807, 2.05) is 21.1 Å². The van der Waals surface area contributed by atoms with Crippen LogP contribution in [-0.4, -0.2) is 68.5 Å². The van der Waals surface area contributed by atoms with Crippen LogP contribution in [0.15, 0.2) is 0 Å². The normalized spacial score (nSPS) is 14.5. The average molecular weight is 719 g/mol. The van der Waals surface area contributed by atoms with Gasteiger partial charge in [-0.1, -0.05) is 181 Å². The number of nitrogens with zero attached hydrogens (tertiary/aromatic N) is 1. The molecule has 1 amide bonds. The molecule has 1 unspecified atom stereocenters. The first-order valence-electron chi connectivity index (χ1n) is 20.9. The third-order valence-electron chi connectivity index (χ3n) is 9.60. The molecule has 49 heavy (non-hydrogen) atoms. The van der Waals surface area contributed by atoms with Gasteiger partial charge >= 0.3 is 0 Å². The Bertz CT molecular complexity index is 778. The first kappa shape index (κ1) is 48.5. The quantitative estimate of drug-likeness (QED) is 0.0374. The van der Waals surface area contributed by atoms with E-state index < -0.39 is 20.0 Å². The van der Waals surface area contributed by atoms with Crippen molar-refractivity contribution in [1.29, 1.82) is 0 Å². The van der Waals surface area contributed by atoms with E-state index in [-0.39, 0.29) is 19.1 Å². The number of likely N-dealkylation sites (N-methyl/N-ethyl adjacent to an activating group) is 1. The number of hydrogen-bond acceptors (Lipinski definition) is 6. The molecule has 0 aromatic carbocycles. The minimum atomic E-state index is -4.55. The van der Waals surface area contributed by atoms with Gasteiger partial charge in [-0.15, -0.1) is 0 Å². The molecular formula is C40H83N2O6P. The lowest BCUT2D eigenvalue weighted by Gasteiger charge is -2.30. The first-order valence-corrected chi connectivity index (χ1v) is 22.3. The smallest absolute Gasteiger partial charge is 0.268 e. The molecule has 0 fully saturated rings. The molecule has 0 spiro atoms. The van der Waals surface area contributed by atoms with E-state index >= 15 is 0 Å². The highest BCUT2D eigenvalue weighted by Gasteiger charge is 2.24. The summed E-state index contributed by atoms with van der Waals surface area (Å²) in [5.74, 6) is -0.164. The Morgan fingerprint density at radius 3 is 1.39 bits per heavy atom. The molecule has 9 heteroatoms. The molecule has 0 bridgehead atoms. The number of unbranched alkanes of at least 4 members (excludes halogenated alkanes) is 25. The summed E-state index contributed by atoms with van der Waals surface area (Å²) in [6.07, 6.45) is 33.8. The molecule has 2 N–H and O–H groups in total. The van der Waals surface area contributed by atoms with Gasteiger partial charge in [0.15, 0.2) is 0 Å². The molecular weight excluding hydrogens is 635 g/mol. The van der Waals surface area contributed by atoms with Gasteiger partial charge in [0.25, 0.3) is 7.82 Å². The molecule has 0 saturated heterocycles. The third-order valence-corrected chi connectivity index (χ3v) is 10.6. The van der Waals surface area contributed by atoms with Gasteiger partial charge in [-0.05, 0) is 12.8 Å². The summed E-state index contributed by atoms with van der Waals surface area (Å²) in [7, 11) is 1.31. The van der Waals surface area contributed by atoms with Crippen molar-refractivity contribution in [1.82, 2.24) is 5.32 Å². The molecule has 0 heterocycles. The summed E-state index contributed by atoms with van der Waals surface area (Å²) in [4.78, 5) is 25.2. The Kier molecular flexibility index (Phi) is 33.0. The maximum absolute atomic E-state index is 12.8. The maximum Gasteiger partial charge on any atom is 0.268 e. The van der Waals surface area contributed by atoms with E-state index in [4.69, 9.17) is 9.05 Å². The SMILES string of the molecule is CCCCCCCCCCCCCCCCC[C@@H](O)[C@H](COP(=O)([O-])OCC[N+](C)(C)C)NC(=O)CCCCCCCCCCCCCC. The molecule has 294 valence electrons. The van der Waals surface area contributed by atoms with E-state index in [9.17, 15) is 19.4 Å². The van der Waals surface area contributed by atoms with E-state index in [1.165, 1.54) is 135 Å². The van der Waals surface area contributed by atoms with Crippen LogP contribution in [0.4, 0.5) is 0 Å². The fourth-order valence-electron chi connectivity index (χ4n) is 6.22. The number of carbonyl (C=O) groups excluding carboxylic acids is 1. The minimum Gasteiger partial charge on any atom is -0.756 e. The lowest BCUT2D eigenvalue weighted by atomic mass is 10.0. The van der Waals surface area contributed by atoms with Crippen molar-refractivity contribution in [2.45, 2.75) is 212 Å². The molecule has 0 aliphatic carbocycles. The van der Waals surface area contributed by atoms with Crippen molar-refractivity contribution in [3.63, 3.8) is 0 Å². The highest BCUT2D eigenvalue weighted by atomic mass is 31.2. The van der Waals surface area contributed by atoms with E-state index in [0.29, 0.717) is 23.9 Å². The largest absolute Gasteiger partial charge is 0.756 e. The van der Waals surface area contributed by atoms with Crippen LogP contribution in [0.3, 0.4) is 0 Å². The fourth-order valence-corrected chi connectivity index (χ4v) is 6.94. The van der Waals surface area contributed by atoms with Crippen molar-refractivity contribution in [2.24, 2.45) is 0 Å². The molecule has 0 aromatic heterocycles. The summed E-state index contributed by atoms with van der Waals surface area (Å²) >= 11 is 0. The zero-order chi connectivity index (χ0) is 36.5. The van der Waals surface area contributed by atoms with Gasteiger partial charge in [0, 0.05) is 6.42 Å². The zero-order valence-corrected chi connectivity index (χ0v) is 34.1. The summed E-state index contributed by atoms with van der Waals surface area (Å²) in [5.41, 5.74) is 0. The van der Waals surface area contributed by atoms with Gasteiger partial charge in [0.2, 0.25) is 5.91 Å². The van der Waals surface area contributed by atoms with Gasteiger partial charge in [-0.25, -0.2) is 0 Å². The Labute approximate surface area is 304 Å². The van der Waals surface area contributed by atoms with Crippen molar-refractivity contribution in [3.8, 4) is 0 Å². The number of aliphatic hydroxyl groups is 1. The summed E-state index contributed by atoms with van der Waals surface area (Å²) in [5, 5.41) is 13.9. The Morgan fingerprint density at radius 2 is 1.00 bits per heavy atom. The number of aliphatic hydroxyl groups excluding tert-OH is 1. The van der Waals surface area contributed by atoms with E-state index in [0.717, 1.165) is 38.5 Å². The van der Waals surface area contributed by atoms with Crippen LogP contribution in [0.2, 0.25) is 0 Å². The van der Waals surface area contributed by atoms with Crippen LogP contribution in [0.1, 0.15) is 200 Å². The number of rotatable bonds is 38. The number of hydrogen-bond donors (Lipinski definition) is 2. The van der Waals surface area contributed by atoms with Gasteiger partial charge < -0.3 is 28.8 Å². The third kappa shape index (κ3) is 35.7. The lowest BCUT2D eigenvalue weighted by Crippen LogP contribution is -2.46. The number of amides is 1. The van der Waals surface area contributed by atoms with Gasteiger partial charge in [0.05, 0.1) is 39.9 Å². The van der Waals surface area contributed by atoms with Crippen LogP contribution in [0.5, 0.6) is 0 Å². The molecule has 0 aliphatic rings. The van der Waals surface area contributed by atoms with Crippen LogP contribution in [-0.2, 0) is 18.4 Å². The second kappa shape index (κ2) is 33.3. The minimum absolute atomic E-state index is 0.0158. The molecule has 0 aromatic rings. The monoisotopic (exact) mass is 719 g/mol. The molecule has 0 aliphatic heterocycles. The summed E-state index contributed by atoms with van der Waals surface area (Å²) in [6, 6.07) is -0.791. The number of carbonyl (C=O) groups is 1. The number of nitrogens with one attached hydrogen (secondary N) is 1. The Balaban J connectivity index is 4.39. The van der Waals surface area contributed by atoms with E-state index in [1.54, 1.807) is 0 Å². The highest BCUT2D eigenvalue weighted by molar-refractivity contribution is 7.45. The van der Waals surface area contributed by atoms with Crippen molar-refractivity contribution < 1.29 is 32.9 Å². The second-order valence-electron chi connectivity index (χ2n) is 15.7. The average Bonchev–Trinajstić information content (AvgIpc) is 3.04. The highest BCUT2D eigenvalue weighted by Crippen LogP contribution is 2.38. The molecule has 0 radical (unpaired) electrons. The predicted molar refractivity (Wildman–Crippen MR) is 206 cm³/mol. The van der Waals surface area contributed by atoms with Crippen LogP contribution in [0.25, 0.3) is 0 Å². The first-order chi connectivity index (χ1) is 23.5. The van der Waals surface area contributed by atoms with Crippen molar-refractivity contribution in [3.05, 3.63) is 0 Å². The second-order valence-corrected chi connectivity index (χ2v) is 17.1. The number of phosphoric acid groups is 1. The Morgan fingerprint density at radius 1 is 0.633 bits per heavy atom. The number of quaternary nitrogens is 1. The summed E-state index contributed by atoms with van der Waals surface area (Å²) < 4.78 is 23.2. The topological polar surface area (TPSA) is 108 Å². The standard InChI is InChI=1S/C40H83N2O6P/c1-6-8-10-12-14-16-18-20-21-22-23-25-27-29-31-33-39(43)38(37-48-49(45,46)47-36-35-42(3,4)5)41-40(44)34-32-30-28-26-24-19-17-15-13-11-9-7-2/h38-39,43H,6-37H2,1-5H3,(H-,41,44,45,46)/t38-,39+/m0/s1. The van der Waals surface area contributed by atoms with Crippen LogP contribution in [0, 0.1) is 0 Å². The maximum atomic E-state index is 12.8. The molecule has 0 rings (SSSR count). The van der Waals surface area contributed by atoms with Crippen molar-refractivity contribution in [2.75, 3.05) is 40.9 Å². The molecule has 0 saturated carbocycles. The van der Waals surface area contributed by atoms with Gasteiger partial charge in [-0.2, -0.15) is 0 Å². The molecule has 3 atom stereocenters. The van der Waals surface area contributed by atoms with Crippen LogP contribution >= 0.6 is 7.82 Å². The lowest BCUT2D eigenvalue weighted by molar-refractivity contribution is -0.870. The van der Waals surface area contributed by atoms with E-state index in [2.05, 4.69) is 19.2 Å². The number of phosphoric ester groups is 1. The summed E-state index contributed by atoms with van der Waals surface area (Å²) in [6.45, 7) is 4.72. The zero-order valence-electron chi connectivity index (χ0n) is 33.2. The Hall–Kier alpha value is -0.500. The van der Waals surface area contributed by atoms with Gasteiger partial charge in [-0.3, -0.25) is 9.36 Å². The predicted octanol–water partition coefficient (Wildman–Crippen LogP) is 10.4. The van der Waals surface area contributed by atoms with Crippen molar-refractivity contribution >= 4 is 13.7 Å². The fraction of sp³-hybridized carbons (Fsp3) is 0.975. The molecule has 8 nitrogen and oxygen atoms in total. The van der Waals surface area contributed by atoms with Gasteiger partial charge in [0.1, 0.15) is 13.2 Å².